The average molecular weight is 464 g/mol. The van der Waals surface area contributed by atoms with Gasteiger partial charge in [-0.25, -0.2) is 8.42 Å². The zero-order valence-corrected chi connectivity index (χ0v) is 19.7. The fourth-order valence-electron chi connectivity index (χ4n) is 3.86. The van der Waals surface area contributed by atoms with Crippen LogP contribution in [-0.4, -0.2) is 55.1 Å². The van der Waals surface area contributed by atoms with Crippen LogP contribution in [0.4, 0.5) is 0 Å². The van der Waals surface area contributed by atoms with Crippen molar-refractivity contribution in [1.29, 1.82) is 0 Å². The van der Waals surface area contributed by atoms with Crippen molar-refractivity contribution in [2.45, 2.75) is 50.6 Å². The van der Waals surface area contributed by atoms with E-state index in [2.05, 4.69) is 5.32 Å². The second-order valence-electron chi connectivity index (χ2n) is 7.52. The standard InChI is InChI=1S/C22H29N3O4S2/c1-4-24(5-2)31(28,29)18-12-10-17(11-13-18)16(3)23-21(26)19-8-6-14-25(19)22(27)20-9-7-15-30-20/h7,9-13,15-16,19H,4-6,8,14H2,1-3H3,(H,23,26)/t16-,19-/m1/s1. The number of benzene rings is 1. The SMILES string of the molecule is CCN(CC)S(=O)(=O)c1ccc([C@@H](C)NC(=O)[C@H]2CCCN2C(=O)c2cccs2)cc1. The number of nitrogens with zero attached hydrogens (tertiary/aromatic N) is 2. The molecule has 1 saturated heterocycles. The summed E-state index contributed by atoms with van der Waals surface area (Å²) in [6, 6.07) is 9.42. The second kappa shape index (κ2) is 9.93. The molecule has 1 aliphatic rings. The van der Waals surface area contributed by atoms with E-state index in [0.717, 1.165) is 12.0 Å². The quantitative estimate of drug-likeness (QED) is 0.651. The summed E-state index contributed by atoms with van der Waals surface area (Å²) in [7, 11) is -3.52. The molecule has 1 N–H and O–H groups in total. The number of likely N-dealkylation sites (tertiary alicyclic amines) is 1. The molecule has 0 unspecified atom stereocenters. The Hall–Kier alpha value is -2.23. The lowest BCUT2D eigenvalue weighted by atomic mass is 10.1. The Morgan fingerprint density at radius 3 is 2.45 bits per heavy atom. The van der Waals surface area contributed by atoms with Crippen LogP contribution in [0.2, 0.25) is 0 Å². The minimum absolute atomic E-state index is 0.105. The molecule has 0 aliphatic carbocycles. The van der Waals surface area contributed by atoms with Gasteiger partial charge in [0.1, 0.15) is 6.04 Å². The van der Waals surface area contributed by atoms with Crippen molar-refractivity contribution in [2.75, 3.05) is 19.6 Å². The van der Waals surface area contributed by atoms with Crippen LogP contribution in [0.5, 0.6) is 0 Å². The fourth-order valence-corrected chi connectivity index (χ4v) is 6.00. The maximum Gasteiger partial charge on any atom is 0.264 e. The first-order valence-corrected chi connectivity index (χ1v) is 12.9. The molecule has 1 aromatic heterocycles. The van der Waals surface area contributed by atoms with Crippen LogP contribution >= 0.6 is 11.3 Å². The van der Waals surface area contributed by atoms with E-state index in [4.69, 9.17) is 0 Å². The largest absolute Gasteiger partial charge is 0.348 e. The lowest BCUT2D eigenvalue weighted by molar-refractivity contribution is -0.125. The van der Waals surface area contributed by atoms with E-state index >= 15 is 0 Å². The van der Waals surface area contributed by atoms with E-state index in [9.17, 15) is 18.0 Å². The molecule has 3 rings (SSSR count). The Morgan fingerprint density at radius 1 is 1.19 bits per heavy atom. The molecule has 0 radical (unpaired) electrons. The van der Waals surface area contributed by atoms with Gasteiger partial charge in [0.05, 0.1) is 15.8 Å². The zero-order valence-electron chi connectivity index (χ0n) is 18.1. The van der Waals surface area contributed by atoms with Gasteiger partial charge in [0.2, 0.25) is 15.9 Å². The van der Waals surface area contributed by atoms with Gasteiger partial charge in [0, 0.05) is 19.6 Å². The first kappa shape index (κ1) is 23.4. The number of carbonyl (C=O) groups excluding carboxylic acids is 2. The molecule has 2 atom stereocenters. The number of sulfonamides is 1. The van der Waals surface area contributed by atoms with Crippen molar-refractivity contribution in [3.05, 3.63) is 52.2 Å². The number of thiophene rings is 1. The molecule has 1 aromatic carbocycles. The summed E-state index contributed by atoms with van der Waals surface area (Å²) in [6.45, 7) is 6.86. The summed E-state index contributed by atoms with van der Waals surface area (Å²) in [4.78, 5) is 28.1. The Kier molecular flexibility index (Phi) is 7.51. The van der Waals surface area contributed by atoms with Gasteiger partial charge in [-0.15, -0.1) is 11.3 Å². The number of hydrogen-bond acceptors (Lipinski definition) is 5. The van der Waals surface area contributed by atoms with Crippen LogP contribution in [0.3, 0.4) is 0 Å². The smallest absolute Gasteiger partial charge is 0.264 e. The summed E-state index contributed by atoms with van der Waals surface area (Å²) >= 11 is 1.38. The summed E-state index contributed by atoms with van der Waals surface area (Å²) < 4.78 is 26.7. The first-order chi connectivity index (χ1) is 14.8. The molecule has 168 valence electrons. The third-order valence-electron chi connectivity index (χ3n) is 5.63. The van der Waals surface area contributed by atoms with Crippen molar-refractivity contribution in [1.82, 2.24) is 14.5 Å². The van der Waals surface area contributed by atoms with Gasteiger partial charge in [0.15, 0.2) is 0 Å². The maximum atomic E-state index is 12.9. The summed E-state index contributed by atoms with van der Waals surface area (Å²) in [5.74, 6) is -0.291. The van der Waals surface area contributed by atoms with Crippen molar-refractivity contribution in [3.63, 3.8) is 0 Å². The van der Waals surface area contributed by atoms with Gasteiger partial charge in [-0.2, -0.15) is 4.31 Å². The highest BCUT2D eigenvalue weighted by atomic mass is 32.2. The van der Waals surface area contributed by atoms with E-state index in [1.165, 1.54) is 15.6 Å². The number of rotatable bonds is 8. The molecule has 7 nitrogen and oxygen atoms in total. The van der Waals surface area contributed by atoms with Crippen LogP contribution < -0.4 is 5.32 Å². The highest BCUT2D eigenvalue weighted by molar-refractivity contribution is 7.89. The molecule has 31 heavy (non-hydrogen) atoms. The molecule has 2 aromatic rings. The Balaban J connectivity index is 1.67. The third-order valence-corrected chi connectivity index (χ3v) is 8.55. The van der Waals surface area contributed by atoms with Gasteiger partial charge in [-0.1, -0.05) is 32.0 Å². The fraction of sp³-hybridized carbons (Fsp3) is 0.455. The van der Waals surface area contributed by atoms with Gasteiger partial charge in [-0.05, 0) is 48.9 Å². The molecule has 1 fully saturated rings. The molecule has 1 aliphatic heterocycles. The van der Waals surface area contributed by atoms with Gasteiger partial charge < -0.3 is 10.2 Å². The Labute approximate surface area is 188 Å². The van der Waals surface area contributed by atoms with Crippen molar-refractivity contribution in [3.8, 4) is 0 Å². The zero-order chi connectivity index (χ0) is 22.6. The summed E-state index contributed by atoms with van der Waals surface area (Å²) in [6.07, 6.45) is 1.43. The normalized spacial score (nSPS) is 17.7. The number of nitrogens with one attached hydrogen (secondary N) is 1. The Morgan fingerprint density at radius 2 is 1.87 bits per heavy atom. The first-order valence-electron chi connectivity index (χ1n) is 10.5. The van der Waals surface area contributed by atoms with E-state index in [0.29, 0.717) is 30.9 Å². The maximum absolute atomic E-state index is 12.9. The molecule has 2 heterocycles. The monoisotopic (exact) mass is 463 g/mol. The topological polar surface area (TPSA) is 86.8 Å². The van der Waals surface area contributed by atoms with Crippen LogP contribution in [0.1, 0.15) is 54.9 Å². The highest BCUT2D eigenvalue weighted by Gasteiger charge is 2.35. The lowest BCUT2D eigenvalue weighted by Gasteiger charge is -2.25. The van der Waals surface area contributed by atoms with Crippen molar-refractivity contribution < 1.29 is 18.0 Å². The molecule has 2 amide bonds. The third kappa shape index (κ3) is 4.99. The van der Waals surface area contributed by atoms with Crippen LogP contribution in [0.15, 0.2) is 46.7 Å². The molecular weight excluding hydrogens is 434 g/mol. The van der Waals surface area contributed by atoms with Crippen LogP contribution in [-0.2, 0) is 14.8 Å². The Bertz CT molecular complexity index is 1000. The van der Waals surface area contributed by atoms with Crippen molar-refractivity contribution >= 4 is 33.2 Å². The molecular formula is C22H29N3O4S2. The highest BCUT2D eigenvalue weighted by Crippen LogP contribution is 2.24. The predicted molar refractivity (Wildman–Crippen MR) is 121 cm³/mol. The second-order valence-corrected chi connectivity index (χ2v) is 10.4. The lowest BCUT2D eigenvalue weighted by Crippen LogP contribution is -2.46. The minimum atomic E-state index is -3.52. The van der Waals surface area contributed by atoms with E-state index in [1.807, 2.05) is 32.2 Å². The predicted octanol–water partition coefficient (Wildman–Crippen LogP) is 3.26. The molecule has 9 heteroatoms. The number of hydrogen-bond donors (Lipinski definition) is 1. The summed E-state index contributed by atoms with van der Waals surface area (Å²) in [5, 5.41) is 4.83. The number of amides is 2. The van der Waals surface area contributed by atoms with Crippen LogP contribution in [0.25, 0.3) is 0 Å². The molecule has 0 saturated carbocycles. The molecule has 0 spiro atoms. The minimum Gasteiger partial charge on any atom is -0.348 e. The van der Waals surface area contributed by atoms with Gasteiger partial charge in [0.25, 0.3) is 5.91 Å². The van der Waals surface area contributed by atoms with E-state index in [-0.39, 0.29) is 22.8 Å². The molecule has 0 bridgehead atoms. The van der Waals surface area contributed by atoms with Gasteiger partial charge >= 0.3 is 0 Å². The number of carbonyl (C=O) groups is 2. The summed E-state index contributed by atoms with van der Waals surface area (Å²) in [5.41, 5.74) is 0.806. The van der Waals surface area contributed by atoms with E-state index < -0.39 is 16.1 Å². The van der Waals surface area contributed by atoms with Crippen molar-refractivity contribution in [2.24, 2.45) is 0 Å². The van der Waals surface area contributed by atoms with E-state index in [1.54, 1.807) is 35.2 Å². The van der Waals surface area contributed by atoms with Gasteiger partial charge in [-0.3, -0.25) is 9.59 Å². The average Bonchev–Trinajstić information content (AvgIpc) is 3.46. The van der Waals surface area contributed by atoms with Crippen LogP contribution in [0, 0.1) is 0 Å².